The fourth-order valence-corrected chi connectivity index (χ4v) is 6.03. The molecule has 0 saturated heterocycles. The molecule has 0 fully saturated rings. The number of hydrogen-bond donors (Lipinski definition) is 1. The van der Waals surface area contributed by atoms with Crippen LogP contribution in [-0.2, 0) is 9.13 Å². The van der Waals surface area contributed by atoms with E-state index in [-0.39, 0.29) is 0 Å². The van der Waals surface area contributed by atoms with E-state index in [0.717, 1.165) is 0 Å². The SMILES string of the molecule is CP(C)(=O)C(N)P(C)(C)=O. The third-order valence-corrected chi connectivity index (χ3v) is 7.16. The van der Waals surface area contributed by atoms with E-state index in [9.17, 15) is 9.13 Å². The minimum atomic E-state index is -2.36. The van der Waals surface area contributed by atoms with Crippen molar-refractivity contribution in [3.8, 4) is 0 Å². The Labute approximate surface area is 62.1 Å². The lowest BCUT2D eigenvalue weighted by molar-refractivity contribution is 0.568. The van der Waals surface area contributed by atoms with Crippen LogP contribution in [0.4, 0.5) is 0 Å². The van der Waals surface area contributed by atoms with Crippen LogP contribution in [0.2, 0.25) is 0 Å². The zero-order chi connectivity index (χ0) is 8.58. The van der Waals surface area contributed by atoms with E-state index < -0.39 is 19.8 Å². The zero-order valence-corrected chi connectivity index (χ0v) is 8.65. The normalized spacial score (nSPS) is 14.2. The third-order valence-electron chi connectivity index (χ3n) is 1.27. The second-order valence-electron chi connectivity index (χ2n) is 3.28. The Morgan fingerprint density at radius 2 is 1.20 bits per heavy atom. The van der Waals surface area contributed by atoms with Crippen LogP contribution < -0.4 is 5.73 Å². The van der Waals surface area contributed by atoms with Crippen LogP contribution in [0.3, 0.4) is 0 Å². The Bertz CT molecular complexity index is 180. The smallest absolute Gasteiger partial charge is 0.111 e. The van der Waals surface area contributed by atoms with Gasteiger partial charge in [-0.15, -0.1) is 0 Å². The standard InChI is InChI=1S/C5H15NO2P2/c1-9(2,7)5(6)10(3,4)8/h5H,6H2,1-4H3. The van der Waals surface area contributed by atoms with E-state index in [1.807, 2.05) is 0 Å². The first kappa shape index (κ1) is 10.4. The third kappa shape index (κ3) is 3.01. The highest BCUT2D eigenvalue weighted by atomic mass is 31.2. The summed E-state index contributed by atoms with van der Waals surface area (Å²) in [5, 5.41) is 0. The Morgan fingerprint density at radius 1 is 1.00 bits per heavy atom. The van der Waals surface area contributed by atoms with Gasteiger partial charge in [-0.2, -0.15) is 0 Å². The quantitative estimate of drug-likeness (QED) is 0.659. The van der Waals surface area contributed by atoms with Gasteiger partial charge in [0.05, 0.1) is 0 Å². The predicted molar refractivity (Wildman–Crippen MR) is 46.9 cm³/mol. The van der Waals surface area contributed by atoms with Crippen molar-refractivity contribution in [2.75, 3.05) is 26.7 Å². The monoisotopic (exact) mass is 183 g/mol. The van der Waals surface area contributed by atoms with Crippen molar-refractivity contribution in [1.29, 1.82) is 0 Å². The highest BCUT2D eigenvalue weighted by Gasteiger charge is 2.29. The predicted octanol–water partition coefficient (Wildman–Crippen LogP) is 1.47. The first-order chi connectivity index (χ1) is 4.15. The van der Waals surface area contributed by atoms with Crippen molar-refractivity contribution in [1.82, 2.24) is 0 Å². The van der Waals surface area contributed by atoms with E-state index in [0.29, 0.717) is 0 Å². The van der Waals surface area contributed by atoms with Crippen LogP contribution in [0.1, 0.15) is 0 Å². The molecule has 0 aliphatic carbocycles. The molecule has 62 valence electrons. The number of nitrogens with two attached hydrogens (primary N) is 1. The molecule has 0 atom stereocenters. The van der Waals surface area contributed by atoms with Crippen LogP contribution in [-0.4, -0.2) is 32.2 Å². The highest BCUT2D eigenvalue weighted by molar-refractivity contribution is 7.80. The summed E-state index contributed by atoms with van der Waals surface area (Å²) in [6.45, 7) is 6.27. The van der Waals surface area contributed by atoms with Crippen molar-refractivity contribution in [2.24, 2.45) is 5.73 Å². The van der Waals surface area contributed by atoms with Crippen molar-refractivity contribution >= 4 is 14.3 Å². The molecule has 0 bridgehead atoms. The molecule has 0 rings (SSSR count). The summed E-state index contributed by atoms with van der Waals surface area (Å²) in [5.41, 5.74) is 4.88. The Hall–Kier alpha value is 0.420. The molecule has 0 spiro atoms. The Morgan fingerprint density at radius 3 is 1.20 bits per heavy atom. The summed E-state index contributed by atoms with van der Waals surface area (Å²) in [6.07, 6.45) is 0. The Kier molecular flexibility index (Phi) is 2.93. The lowest BCUT2D eigenvalue weighted by Gasteiger charge is -2.20. The van der Waals surface area contributed by atoms with Gasteiger partial charge in [-0.05, 0) is 26.7 Å². The summed E-state index contributed by atoms with van der Waals surface area (Å²) in [7, 11) is -4.73. The molecular formula is C5H15NO2P2. The largest absolute Gasteiger partial charge is 0.322 e. The topological polar surface area (TPSA) is 60.2 Å². The van der Waals surface area contributed by atoms with E-state index in [1.165, 1.54) is 0 Å². The van der Waals surface area contributed by atoms with Crippen LogP contribution in [0.5, 0.6) is 0 Å². The van der Waals surface area contributed by atoms with Crippen LogP contribution in [0.25, 0.3) is 0 Å². The molecule has 0 aliphatic heterocycles. The van der Waals surface area contributed by atoms with Gasteiger partial charge in [-0.1, -0.05) is 0 Å². The number of hydrogen-bond acceptors (Lipinski definition) is 3. The van der Waals surface area contributed by atoms with Gasteiger partial charge in [0.15, 0.2) is 0 Å². The van der Waals surface area contributed by atoms with Crippen molar-refractivity contribution < 1.29 is 9.13 Å². The highest BCUT2D eigenvalue weighted by Crippen LogP contribution is 2.57. The van der Waals surface area contributed by atoms with Crippen molar-refractivity contribution in [3.63, 3.8) is 0 Å². The molecule has 5 heteroatoms. The maximum absolute atomic E-state index is 11.3. The van der Waals surface area contributed by atoms with Gasteiger partial charge < -0.3 is 14.9 Å². The summed E-state index contributed by atoms with van der Waals surface area (Å²) < 4.78 is 22.5. The molecule has 0 saturated carbocycles. The van der Waals surface area contributed by atoms with Crippen molar-refractivity contribution in [2.45, 2.75) is 5.52 Å². The van der Waals surface area contributed by atoms with E-state index in [4.69, 9.17) is 5.73 Å². The molecule has 0 aromatic carbocycles. The van der Waals surface area contributed by atoms with Gasteiger partial charge in [0, 0.05) is 0 Å². The van der Waals surface area contributed by atoms with Gasteiger partial charge in [-0.25, -0.2) is 0 Å². The van der Waals surface area contributed by atoms with Gasteiger partial charge in [0.25, 0.3) is 0 Å². The van der Waals surface area contributed by atoms with Gasteiger partial charge in [-0.3, -0.25) is 0 Å². The maximum atomic E-state index is 11.3. The first-order valence-corrected chi connectivity index (χ1v) is 8.34. The zero-order valence-electron chi connectivity index (χ0n) is 6.87. The second-order valence-corrected chi connectivity index (χ2v) is 10.5. The first-order valence-electron chi connectivity index (χ1n) is 3.00. The van der Waals surface area contributed by atoms with E-state index in [1.54, 1.807) is 26.7 Å². The van der Waals surface area contributed by atoms with Gasteiger partial charge in [0.2, 0.25) is 0 Å². The van der Waals surface area contributed by atoms with Crippen molar-refractivity contribution in [3.05, 3.63) is 0 Å². The minimum absolute atomic E-state index is 0.625. The molecule has 0 aromatic heterocycles. The van der Waals surface area contributed by atoms with Crippen LogP contribution >= 0.6 is 14.3 Å². The molecule has 0 unspecified atom stereocenters. The fraction of sp³-hybridized carbons (Fsp3) is 1.00. The average Bonchev–Trinajstić information content (AvgIpc) is 1.59. The summed E-state index contributed by atoms with van der Waals surface area (Å²) in [5.74, 6) is 0. The molecule has 2 N–H and O–H groups in total. The number of rotatable bonds is 2. The van der Waals surface area contributed by atoms with E-state index in [2.05, 4.69) is 0 Å². The van der Waals surface area contributed by atoms with Crippen LogP contribution in [0, 0.1) is 0 Å². The molecule has 0 aromatic rings. The second kappa shape index (κ2) is 2.81. The van der Waals surface area contributed by atoms with Crippen LogP contribution in [0.15, 0.2) is 0 Å². The average molecular weight is 183 g/mol. The van der Waals surface area contributed by atoms with E-state index >= 15 is 0 Å². The maximum Gasteiger partial charge on any atom is 0.111 e. The summed E-state index contributed by atoms with van der Waals surface area (Å²) in [6, 6.07) is 0. The molecule has 0 heterocycles. The fourth-order valence-electron chi connectivity index (χ4n) is 0.670. The minimum Gasteiger partial charge on any atom is -0.322 e. The van der Waals surface area contributed by atoms with Gasteiger partial charge in [0.1, 0.15) is 19.8 Å². The van der Waals surface area contributed by atoms with Gasteiger partial charge >= 0.3 is 0 Å². The molecule has 10 heavy (non-hydrogen) atoms. The molecule has 0 radical (unpaired) electrons. The lowest BCUT2D eigenvalue weighted by Crippen LogP contribution is -2.18. The summed E-state index contributed by atoms with van der Waals surface area (Å²) in [4.78, 5) is 0. The molecular weight excluding hydrogens is 168 g/mol. The lowest BCUT2D eigenvalue weighted by atomic mass is 11.5. The molecule has 3 nitrogen and oxygen atoms in total. The molecule has 0 amide bonds. The summed E-state index contributed by atoms with van der Waals surface area (Å²) >= 11 is 0. The Balaban J connectivity index is 4.56. The molecule has 0 aliphatic rings.